The third kappa shape index (κ3) is 4.47. The van der Waals surface area contributed by atoms with E-state index in [2.05, 4.69) is 10.3 Å². The molecule has 0 unspecified atom stereocenters. The molecule has 1 aromatic heterocycles. The molecule has 4 rings (SSSR count). The van der Waals surface area contributed by atoms with Crippen LogP contribution in [-0.4, -0.2) is 52.5 Å². The minimum atomic E-state index is -0.790. The fourth-order valence-corrected chi connectivity index (χ4v) is 5.22. The molecule has 3 aliphatic rings. The first-order chi connectivity index (χ1) is 14.2. The molecular weight excluding hydrogens is 366 g/mol. The summed E-state index contributed by atoms with van der Waals surface area (Å²) in [6.45, 7) is 1.20. The van der Waals surface area contributed by atoms with Crippen molar-refractivity contribution in [1.29, 1.82) is 0 Å². The predicted octanol–water partition coefficient (Wildman–Crippen LogP) is 3.46. The van der Waals surface area contributed by atoms with Crippen LogP contribution >= 0.6 is 0 Å². The van der Waals surface area contributed by atoms with Gasteiger partial charge in [-0.15, -0.1) is 0 Å². The highest BCUT2D eigenvalue weighted by Gasteiger charge is 2.48. The molecule has 2 heterocycles. The van der Waals surface area contributed by atoms with E-state index in [9.17, 15) is 9.59 Å². The summed E-state index contributed by atoms with van der Waals surface area (Å²) >= 11 is 0. The number of carbonyl (C=O) groups is 2. The lowest BCUT2D eigenvalue weighted by molar-refractivity contribution is -0.136. The first-order valence-electron chi connectivity index (χ1n) is 11.3. The Morgan fingerprint density at radius 1 is 1.07 bits per heavy atom. The van der Waals surface area contributed by atoms with Gasteiger partial charge in [-0.25, -0.2) is 0 Å². The Labute approximate surface area is 173 Å². The number of hydrogen-bond acceptors (Lipinski definition) is 4. The summed E-state index contributed by atoms with van der Waals surface area (Å²) in [7, 11) is 0. The lowest BCUT2D eigenvalue weighted by Gasteiger charge is -2.46. The summed E-state index contributed by atoms with van der Waals surface area (Å²) in [4.78, 5) is 33.4. The zero-order valence-electron chi connectivity index (χ0n) is 17.3. The average molecular weight is 400 g/mol. The summed E-state index contributed by atoms with van der Waals surface area (Å²) in [5.41, 5.74) is -0.384. The molecule has 1 atom stereocenters. The lowest BCUT2D eigenvalue weighted by Crippen LogP contribution is -2.64. The van der Waals surface area contributed by atoms with Crippen LogP contribution in [0.5, 0.6) is 0 Å². The highest BCUT2D eigenvalue weighted by molar-refractivity contribution is 5.98. The van der Waals surface area contributed by atoms with Crippen molar-refractivity contribution >= 4 is 11.8 Å². The minimum absolute atomic E-state index is 0.000689. The largest absolute Gasteiger partial charge is 0.376 e. The Balaban J connectivity index is 1.64. The Hall–Kier alpha value is -1.95. The number of ether oxygens (including phenoxy) is 1. The van der Waals surface area contributed by atoms with Crippen LogP contribution in [0.1, 0.15) is 81.1 Å². The van der Waals surface area contributed by atoms with Gasteiger partial charge in [0, 0.05) is 25.4 Å². The molecule has 2 amide bonds. The van der Waals surface area contributed by atoms with Crippen LogP contribution in [0.15, 0.2) is 24.4 Å². The highest BCUT2D eigenvalue weighted by Crippen LogP contribution is 2.36. The molecule has 3 fully saturated rings. The number of amides is 2. The van der Waals surface area contributed by atoms with E-state index in [0.717, 1.165) is 64.4 Å². The Bertz CT molecular complexity index is 691. The minimum Gasteiger partial charge on any atom is -0.376 e. The normalized spacial score (nSPS) is 24.3. The van der Waals surface area contributed by atoms with Crippen LogP contribution < -0.4 is 5.32 Å². The first kappa shape index (κ1) is 20.3. The number of aromatic nitrogens is 1. The van der Waals surface area contributed by atoms with E-state index >= 15 is 0 Å². The van der Waals surface area contributed by atoms with Crippen LogP contribution in [0, 0.1) is 0 Å². The predicted molar refractivity (Wildman–Crippen MR) is 110 cm³/mol. The van der Waals surface area contributed by atoms with Crippen molar-refractivity contribution in [2.45, 2.75) is 88.3 Å². The molecule has 1 N–H and O–H groups in total. The second-order valence-corrected chi connectivity index (χ2v) is 8.81. The fourth-order valence-electron chi connectivity index (χ4n) is 5.22. The molecule has 6 nitrogen and oxygen atoms in total. The highest BCUT2D eigenvalue weighted by atomic mass is 16.5. The van der Waals surface area contributed by atoms with Crippen molar-refractivity contribution in [1.82, 2.24) is 15.2 Å². The van der Waals surface area contributed by atoms with Gasteiger partial charge in [0.25, 0.3) is 5.91 Å². The summed E-state index contributed by atoms with van der Waals surface area (Å²) < 4.78 is 5.87. The van der Waals surface area contributed by atoms with Crippen LogP contribution in [0.3, 0.4) is 0 Å². The van der Waals surface area contributed by atoms with Crippen LogP contribution in [-0.2, 0) is 9.53 Å². The Morgan fingerprint density at radius 3 is 2.52 bits per heavy atom. The fraction of sp³-hybridized carbons (Fsp3) is 0.696. The molecule has 6 heteroatoms. The molecule has 0 spiro atoms. The monoisotopic (exact) mass is 399 g/mol. The number of carbonyl (C=O) groups excluding carboxylic acids is 2. The quantitative estimate of drug-likeness (QED) is 0.795. The zero-order valence-corrected chi connectivity index (χ0v) is 17.3. The van der Waals surface area contributed by atoms with Gasteiger partial charge in [0.2, 0.25) is 5.91 Å². The average Bonchev–Trinajstić information content (AvgIpc) is 3.47. The van der Waals surface area contributed by atoms with E-state index in [1.165, 1.54) is 12.8 Å². The second-order valence-electron chi connectivity index (χ2n) is 8.81. The van der Waals surface area contributed by atoms with Gasteiger partial charge in [0.1, 0.15) is 11.2 Å². The van der Waals surface area contributed by atoms with Gasteiger partial charge in [-0.3, -0.25) is 14.6 Å². The Kier molecular flexibility index (Phi) is 6.48. The zero-order chi connectivity index (χ0) is 20.1. The third-order valence-corrected chi connectivity index (χ3v) is 6.85. The maximum absolute atomic E-state index is 13.7. The topological polar surface area (TPSA) is 71.5 Å². The van der Waals surface area contributed by atoms with E-state index < -0.39 is 5.54 Å². The number of pyridine rings is 1. The molecule has 1 aromatic rings. The molecule has 29 heavy (non-hydrogen) atoms. The molecule has 2 saturated carbocycles. The van der Waals surface area contributed by atoms with Crippen LogP contribution in [0.4, 0.5) is 0 Å². The van der Waals surface area contributed by atoms with Gasteiger partial charge < -0.3 is 15.0 Å². The van der Waals surface area contributed by atoms with Crippen molar-refractivity contribution < 1.29 is 14.3 Å². The smallest absolute Gasteiger partial charge is 0.273 e. The van der Waals surface area contributed by atoms with E-state index in [-0.39, 0.29) is 24.0 Å². The molecule has 1 saturated heterocycles. The van der Waals surface area contributed by atoms with Crippen molar-refractivity contribution in [3.05, 3.63) is 30.1 Å². The van der Waals surface area contributed by atoms with Gasteiger partial charge in [-0.05, 0) is 50.7 Å². The van der Waals surface area contributed by atoms with Crippen molar-refractivity contribution in [3.8, 4) is 0 Å². The summed E-state index contributed by atoms with van der Waals surface area (Å²) in [5.74, 6) is -0.115. The Morgan fingerprint density at radius 2 is 1.86 bits per heavy atom. The van der Waals surface area contributed by atoms with E-state index in [4.69, 9.17) is 4.74 Å². The maximum Gasteiger partial charge on any atom is 0.273 e. The molecule has 0 bridgehead atoms. The maximum atomic E-state index is 13.7. The summed E-state index contributed by atoms with van der Waals surface area (Å²) in [6.07, 6.45) is 12.5. The standard InChI is InChI=1S/C23H33N3O3/c27-21(20-12-4-7-15-24-20)26(17-19-11-8-16-29-19)23(13-5-1-6-14-23)22(28)25-18-9-2-3-10-18/h4,7,12,15,18-19H,1-3,5-6,8-11,13-14,16-17H2,(H,25,28)/t19-/m0/s1. The van der Waals surface area contributed by atoms with Gasteiger partial charge in [0.15, 0.2) is 0 Å². The molecule has 0 radical (unpaired) electrons. The molecule has 158 valence electrons. The van der Waals surface area contributed by atoms with Gasteiger partial charge >= 0.3 is 0 Å². The van der Waals surface area contributed by atoms with E-state index in [1.807, 2.05) is 17.0 Å². The van der Waals surface area contributed by atoms with Crippen molar-refractivity contribution in [2.75, 3.05) is 13.2 Å². The summed E-state index contributed by atoms with van der Waals surface area (Å²) in [5, 5.41) is 3.31. The molecule has 0 aromatic carbocycles. The van der Waals surface area contributed by atoms with Gasteiger partial charge in [-0.2, -0.15) is 0 Å². The molecule has 2 aliphatic carbocycles. The molecular formula is C23H33N3O3. The van der Waals surface area contributed by atoms with E-state index in [0.29, 0.717) is 12.2 Å². The van der Waals surface area contributed by atoms with E-state index in [1.54, 1.807) is 12.3 Å². The van der Waals surface area contributed by atoms with Crippen molar-refractivity contribution in [3.63, 3.8) is 0 Å². The third-order valence-electron chi connectivity index (χ3n) is 6.85. The second kappa shape index (κ2) is 9.24. The number of nitrogens with zero attached hydrogens (tertiary/aromatic N) is 2. The van der Waals surface area contributed by atoms with Crippen molar-refractivity contribution in [2.24, 2.45) is 0 Å². The SMILES string of the molecule is O=C(c1ccccn1)N(C[C@@H]1CCCO1)C1(C(=O)NC2CCCC2)CCCCC1. The number of nitrogens with one attached hydrogen (secondary N) is 1. The molecule has 1 aliphatic heterocycles. The van der Waals surface area contributed by atoms with Gasteiger partial charge in [0.05, 0.1) is 6.10 Å². The summed E-state index contributed by atoms with van der Waals surface area (Å²) in [6, 6.07) is 5.63. The lowest BCUT2D eigenvalue weighted by atomic mass is 9.78. The number of hydrogen-bond donors (Lipinski definition) is 1. The van der Waals surface area contributed by atoms with Gasteiger partial charge in [-0.1, -0.05) is 38.2 Å². The number of rotatable bonds is 6. The van der Waals surface area contributed by atoms with Crippen LogP contribution in [0.25, 0.3) is 0 Å². The van der Waals surface area contributed by atoms with Crippen LogP contribution in [0.2, 0.25) is 0 Å². The first-order valence-corrected chi connectivity index (χ1v) is 11.3.